The number of halogens is 2. The molecule has 1 heterocycles. The molecule has 29 heavy (non-hydrogen) atoms. The summed E-state index contributed by atoms with van der Waals surface area (Å²) in [5.74, 6) is -1.91. The Hall–Kier alpha value is -3.26. The molecule has 0 aliphatic carbocycles. The van der Waals surface area contributed by atoms with Gasteiger partial charge in [0.15, 0.2) is 0 Å². The minimum absolute atomic E-state index is 0.0441. The van der Waals surface area contributed by atoms with Crippen molar-refractivity contribution in [3.8, 4) is 0 Å². The molecule has 2 aromatic carbocycles. The smallest absolute Gasteiger partial charge is 0.303 e. The number of rotatable bonds is 7. The highest BCUT2D eigenvalue weighted by Gasteiger charge is 2.16. The van der Waals surface area contributed by atoms with Gasteiger partial charge in [0.2, 0.25) is 5.91 Å². The van der Waals surface area contributed by atoms with Crippen LogP contribution in [-0.2, 0) is 29.1 Å². The summed E-state index contributed by atoms with van der Waals surface area (Å²) >= 11 is 6.11. The molecular weight excluding hydrogens is 401 g/mol. The lowest BCUT2D eigenvalue weighted by Gasteiger charge is -2.14. The number of benzene rings is 2. The first-order valence-corrected chi connectivity index (χ1v) is 9.14. The first kappa shape index (κ1) is 20.5. The van der Waals surface area contributed by atoms with Gasteiger partial charge in [-0.15, -0.1) is 0 Å². The second kappa shape index (κ2) is 8.83. The van der Waals surface area contributed by atoms with Crippen LogP contribution in [0.5, 0.6) is 0 Å². The number of nitrogens with zero attached hydrogens (tertiary/aromatic N) is 2. The van der Waals surface area contributed by atoms with E-state index in [0.29, 0.717) is 5.56 Å². The molecule has 0 aliphatic rings. The van der Waals surface area contributed by atoms with Crippen LogP contribution in [0, 0.1) is 5.82 Å². The lowest BCUT2D eigenvalue weighted by atomic mass is 10.2. The molecule has 0 unspecified atom stereocenters. The zero-order valence-electron chi connectivity index (χ0n) is 15.2. The van der Waals surface area contributed by atoms with Crippen LogP contribution in [0.1, 0.15) is 17.8 Å². The van der Waals surface area contributed by atoms with Crippen LogP contribution < -0.4 is 10.9 Å². The van der Waals surface area contributed by atoms with Crippen molar-refractivity contribution in [2.75, 3.05) is 0 Å². The van der Waals surface area contributed by atoms with Crippen LogP contribution in [0.4, 0.5) is 4.39 Å². The minimum Gasteiger partial charge on any atom is -0.481 e. The Balaban J connectivity index is 1.90. The maximum absolute atomic E-state index is 13.7. The van der Waals surface area contributed by atoms with Gasteiger partial charge in [-0.25, -0.2) is 9.37 Å². The summed E-state index contributed by atoms with van der Waals surface area (Å²) in [6.45, 7) is -0.421. The van der Waals surface area contributed by atoms with E-state index < -0.39 is 23.3 Å². The van der Waals surface area contributed by atoms with Gasteiger partial charge in [0, 0.05) is 18.5 Å². The molecule has 1 amide bonds. The van der Waals surface area contributed by atoms with Crippen LogP contribution in [0.15, 0.2) is 47.3 Å². The molecule has 0 spiro atoms. The predicted octanol–water partition coefficient (Wildman–Crippen LogP) is 2.52. The molecule has 9 heteroatoms. The standard InChI is InChI=1S/C20H17ClFN3O4/c21-14-6-3-5-13-19(14)24-16(8-9-18(27)28)25(20(13)29)11-17(26)23-10-12-4-1-2-7-15(12)22/h1-7H,8-11H2,(H,23,26)(H,27,28). The van der Waals surface area contributed by atoms with Crippen LogP contribution in [0.3, 0.4) is 0 Å². The Morgan fingerprint density at radius 3 is 2.66 bits per heavy atom. The molecule has 2 N–H and O–H groups in total. The quantitative estimate of drug-likeness (QED) is 0.615. The summed E-state index contributed by atoms with van der Waals surface area (Å²) in [5, 5.41) is 12.0. The molecule has 0 atom stereocenters. The fourth-order valence-electron chi connectivity index (χ4n) is 2.86. The summed E-state index contributed by atoms with van der Waals surface area (Å²) < 4.78 is 14.8. The number of para-hydroxylation sites is 1. The number of carbonyl (C=O) groups is 2. The van der Waals surface area contributed by atoms with E-state index in [0.717, 1.165) is 4.57 Å². The number of amides is 1. The van der Waals surface area contributed by atoms with Crippen LogP contribution in [0.25, 0.3) is 10.9 Å². The Kier molecular flexibility index (Phi) is 6.23. The summed E-state index contributed by atoms with van der Waals surface area (Å²) in [7, 11) is 0. The van der Waals surface area contributed by atoms with Crippen molar-refractivity contribution < 1.29 is 19.1 Å². The minimum atomic E-state index is -1.06. The largest absolute Gasteiger partial charge is 0.481 e. The zero-order valence-corrected chi connectivity index (χ0v) is 15.9. The van der Waals surface area contributed by atoms with E-state index in [1.165, 1.54) is 12.1 Å². The molecule has 0 bridgehead atoms. The normalized spacial score (nSPS) is 10.8. The van der Waals surface area contributed by atoms with E-state index in [4.69, 9.17) is 16.7 Å². The lowest BCUT2D eigenvalue weighted by molar-refractivity contribution is -0.137. The highest BCUT2D eigenvalue weighted by molar-refractivity contribution is 6.34. The van der Waals surface area contributed by atoms with Gasteiger partial charge in [0.25, 0.3) is 5.56 Å². The number of hydrogen-bond donors (Lipinski definition) is 2. The number of hydrogen-bond acceptors (Lipinski definition) is 4. The number of nitrogens with one attached hydrogen (secondary N) is 1. The molecule has 0 saturated heterocycles. The number of aliphatic carboxylic acids is 1. The van der Waals surface area contributed by atoms with Crippen molar-refractivity contribution in [3.63, 3.8) is 0 Å². The van der Waals surface area contributed by atoms with E-state index in [-0.39, 0.29) is 47.7 Å². The van der Waals surface area contributed by atoms with E-state index in [1.54, 1.807) is 30.3 Å². The van der Waals surface area contributed by atoms with E-state index in [9.17, 15) is 18.8 Å². The third-order valence-corrected chi connectivity index (χ3v) is 4.62. The summed E-state index contributed by atoms with van der Waals surface area (Å²) in [6.07, 6.45) is -0.314. The summed E-state index contributed by atoms with van der Waals surface area (Å²) in [5.41, 5.74) is 0.0595. The van der Waals surface area contributed by atoms with Crippen molar-refractivity contribution in [3.05, 3.63) is 75.0 Å². The second-order valence-corrected chi connectivity index (χ2v) is 6.72. The first-order chi connectivity index (χ1) is 13.9. The van der Waals surface area contributed by atoms with Gasteiger partial charge in [-0.3, -0.25) is 19.0 Å². The fourth-order valence-corrected chi connectivity index (χ4v) is 3.08. The predicted molar refractivity (Wildman–Crippen MR) is 105 cm³/mol. The molecule has 0 aliphatic heterocycles. The van der Waals surface area contributed by atoms with E-state index >= 15 is 0 Å². The molecular formula is C20H17ClFN3O4. The number of carboxylic acids is 1. The third kappa shape index (κ3) is 4.78. The highest BCUT2D eigenvalue weighted by Crippen LogP contribution is 2.19. The third-order valence-electron chi connectivity index (χ3n) is 4.31. The Morgan fingerprint density at radius 2 is 1.93 bits per heavy atom. The van der Waals surface area contributed by atoms with Gasteiger partial charge >= 0.3 is 5.97 Å². The number of aromatic nitrogens is 2. The topological polar surface area (TPSA) is 101 Å². The van der Waals surface area contributed by atoms with Gasteiger partial charge in [0.05, 0.1) is 22.3 Å². The molecule has 0 saturated carbocycles. The molecule has 1 aromatic heterocycles. The van der Waals surface area contributed by atoms with E-state index in [1.807, 2.05) is 0 Å². The van der Waals surface area contributed by atoms with Gasteiger partial charge < -0.3 is 10.4 Å². The van der Waals surface area contributed by atoms with Crippen molar-refractivity contribution >= 4 is 34.4 Å². The van der Waals surface area contributed by atoms with Crippen molar-refractivity contribution in [2.45, 2.75) is 25.9 Å². The number of fused-ring (bicyclic) bond motifs is 1. The van der Waals surface area contributed by atoms with Crippen molar-refractivity contribution in [1.82, 2.24) is 14.9 Å². The Morgan fingerprint density at radius 1 is 1.17 bits per heavy atom. The first-order valence-electron chi connectivity index (χ1n) is 8.76. The summed E-state index contributed by atoms with van der Waals surface area (Å²) in [6, 6.07) is 10.7. The van der Waals surface area contributed by atoms with Gasteiger partial charge in [-0.2, -0.15) is 0 Å². The number of carboxylic acid groups (broad SMARTS) is 1. The van der Waals surface area contributed by atoms with Gasteiger partial charge in [-0.05, 0) is 18.2 Å². The van der Waals surface area contributed by atoms with Crippen LogP contribution >= 0.6 is 11.6 Å². The summed E-state index contributed by atoms with van der Waals surface area (Å²) in [4.78, 5) is 40.5. The molecule has 3 aromatic rings. The average Bonchev–Trinajstić information content (AvgIpc) is 2.69. The van der Waals surface area contributed by atoms with Crippen molar-refractivity contribution in [1.29, 1.82) is 0 Å². The zero-order chi connectivity index (χ0) is 21.0. The van der Waals surface area contributed by atoms with Crippen molar-refractivity contribution in [2.24, 2.45) is 0 Å². The number of aryl methyl sites for hydroxylation is 1. The molecule has 7 nitrogen and oxygen atoms in total. The number of carbonyl (C=O) groups excluding carboxylic acids is 1. The fraction of sp³-hybridized carbons (Fsp3) is 0.200. The second-order valence-electron chi connectivity index (χ2n) is 6.32. The van der Waals surface area contributed by atoms with E-state index in [2.05, 4.69) is 10.3 Å². The molecule has 150 valence electrons. The van der Waals surface area contributed by atoms with Gasteiger partial charge in [-0.1, -0.05) is 35.9 Å². The molecule has 0 fully saturated rings. The average molecular weight is 418 g/mol. The maximum Gasteiger partial charge on any atom is 0.303 e. The Bertz CT molecular complexity index is 1150. The SMILES string of the molecule is O=C(O)CCc1nc2c(Cl)cccc2c(=O)n1CC(=O)NCc1ccccc1F. The molecule has 0 radical (unpaired) electrons. The van der Waals surface area contributed by atoms with Gasteiger partial charge in [0.1, 0.15) is 18.2 Å². The molecule has 3 rings (SSSR count). The highest BCUT2D eigenvalue weighted by atomic mass is 35.5. The lowest BCUT2D eigenvalue weighted by Crippen LogP contribution is -2.34. The van der Waals surface area contributed by atoms with Crippen LogP contribution in [0.2, 0.25) is 5.02 Å². The van der Waals surface area contributed by atoms with Crippen LogP contribution in [-0.4, -0.2) is 26.5 Å². The maximum atomic E-state index is 13.7. The Labute approximate surface area is 169 Å². The monoisotopic (exact) mass is 417 g/mol.